The normalized spacial score (nSPS) is 8.70. The molecule has 0 N–H and O–H groups in total. The van der Waals surface area contributed by atoms with Crippen molar-refractivity contribution in [3.05, 3.63) is 34.9 Å². The van der Waals surface area contributed by atoms with Crippen LogP contribution in [0.25, 0.3) is 0 Å². The molecule has 0 saturated carbocycles. The van der Waals surface area contributed by atoms with E-state index in [0.29, 0.717) is 0 Å². The van der Waals surface area contributed by atoms with Crippen molar-refractivity contribution in [3.63, 3.8) is 0 Å². The van der Waals surface area contributed by atoms with Gasteiger partial charge < -0.3 is 0 Å². The van der Waals surface area contributed by atoms with E-state index in [2.05, 4.69) is 39.0 Å². The van der Waals surface area contributed by atoms with Gasteiger partial charge in [-0.15, -0.1) is 0 Å². The molecule has 49 valence electrons. The van der Waals surface area contributed by atoms with Crippen LogP contribution in [0.15, 0.2) is 12.1 Å². The van der Waals surface area contributed by atoms with Gasteiger partial charge >= 0.3 is 18.9 Å². The average molecular weight is 127 g/mol. The van der Waals surface area contributed by atoms with Crippen LogP contribution >= 0.6 is 0 Å². The molecule has 0 aliphatic heterocycles. The number of benzene rings is 1. The summed E-state index contributed by atoms with van der Waals surface area (Å²) in [4.78, 5) is 0. The topological polar surface area (TPSA) is 0 Å². The predicted octanol–water partition coefficient (Wildman–Crippen LogP) is 1.76. The molecule has 1 rings (SSSR count). The van der Waals surface area contributed by atoms with Crippen LogP contribution in [-0.4, -0.2) is 18.9 Å². The van der Waals surface area contributed by atoms with E-state index in [0.717, 1.165) is 0 Å². The van der Waals surface area contributed by atoms with Crippen LogP contribution in [-0.2, 0) is 0 Å². The van der Waals surface area contributed by atoms with Gasteiger partial charge in [0.25, 0.3) is 0 Å². The van der Waals surface area contributed by atoms with Gasteiger partial charge in [-0.3, -0.25) is 0 Å². The van der Waals surface area contributed by atoms with E-state index < -0.39 is 0 Å². The quantitative estimate of drug-likeness (QED) is 0.466. The molecule has 0 saturated heterocycles. The van der Waals surface area contributed by atoms with Gasteiger partial charge in [-0.1, -0.05) is 17.7 Å². The second-order valence-electron chi connectivity index (χ2n) is 2.52. The van der Waals surface area contributed by atoms with E-state index in [4.69, 9.17) is 0 Å². The summed E-state index contributed by atoms with van der Waals surface area (Å²) >= 11 is 0. The summed E-state index contributed by atoms with van der Waals surface area (Å²) < 4.78 is 0. The van der Waals surface area contributed by atoms with E-state index in [9.17, 15) is 0 Å². The van der Waals surface area contributed by atoms with Crippen molar-refractivity contribution in [1.82, 2.24) is 0 Å². The van der Waals surface area contributed by atoms with Gasteiger partial charge in [-0.25, -0.2) is 0 Å². The van der Waals surface area contributed by atoms with Crippen molar-refractivity contribution in [1.29, 1.82) is 0 Å². The third-order valence-corrected chi connectivity index (χ3v) is 1.28. The first-order valence-electron chi connectivity index (χ1n) is 3.15. The zero-order valence-corrected chi connectivity index (χ0v) is 6.15. The van der Waals surface area contributed by atoms with Crippen LogP contribution in [0.3, 0.4) is 0 Å². The summed E-state index contributed by atoms with van der Waals surface area (Å²) in [6, 6.07) is 7.47. The molecule has 1 radical (unpaired) electrons. The third-order valence-electron chi connectivity index (χ3n) is 1.28. The first kappa shape index (κ1) is 9.82. The molecule has 0 amide bonds. The second-order valence-corrected chi connectivity index (χ2v) is 2.52. The summed E-state index contributed by atoms with van der Waals surface area (Å²) in [6.07, 6.45) is 0. The van der Waals surface area contributed by atoms with Crippen molar-refractivity contribution in [2.45, 2.75) is 20.8 Å². The van der Waals surface area contributed by atoms with Crippen molar-refractivity contribution >= 4 is 18.9 Å². The van der Waals surface area contributed by atoms with Crippen LogP contribution < -0.4 is 0 Å². The molecule has 0 fully saturated rings. The fraction of sp³-hybridized carbons (Fsp3) is 0.333. The van der Waals surface area contributed by atoms with E-state index in [-0.39, 0.29) is 18.9 Å². The fourth-order valence-electron chi connectivity index (χ4n) is 1.11. The van der Waals surface area contributed by atoms with Crippen LogP contribution in [0.2, 0.25) is 0 Å². The molecule has 0 spiro atoms. The Morgan fingerprint density at radius 2 is 1.40 bits per heavy atom. The Labute approximate surface area is 74.8 Å². The van der Waals surface area contributed by atoms with E-state index in [1.54, 1.807) is 0 Å². The Kier molecular flexibility index (Phi) is 3.79. The van der Waals surface area contributed by atoms with Crippen LogP contribution in [0.1, 0.15) is 16.7 Å². The Morgan fingerprint density at radius 1 is 1.00 bits per heavy atom. The summed E-state index contributed by atoms with van der Waals surface area (Å²) in [5.41, 5.74) is 3.78. The van der Waals surface area contributed by atoms with Gasteiger partial charge in [-0.05, 0) is 38.0 Å². The molecule has 0 atom stereocenters. The van der Waals surface area contributed by atoms with Gasteiger partial charge in [0.15, 0.2) is 0 Å². The zero-order chi connectivity index (χ0) is 6.85. The molecule has 0 unspecified atom stereocenters. The molecule has 0 nitrogen and oxygen atoms in total. The molecule has 0 aliphatic rings. The van der Waals surface area contributed by atoms with E-state index >= 15 is 0 Å². The van der Waals surface area contributed by atoms with Gasteiger partial charge in [0.05, 0.1) is 0 Å². The molecule has 10 heavy (non-hydrogen) atoms. The van der Waals surface area contributed by atoms with E-state index in [1.165, 1.54) is 16.7 Å². The van der Waals surface area contributed by atoms with Crippen molar-refractivity contribution < 1.29 is 0 Å². The van der Waals surface area contributed by atoms with Crippen LogP contribution in [0, 0.1) is 26.8 Å². The third kappa shape index (κ3) is 2.60. The number of aryl methyl sites for hydroxylation is 3. The first-order chi connectivity index (χ1) is 4.18. The maximum absolute atomic E-state index is 3.21. The molecule has 1 heteroatoms. The summed E-state index contributed by atoms with van der Waals surface area (Å²) in [6.45, 7) is 6.24. The van der Waals surface area contributed by atoms with Crippen molar-refractivity contribution in [2.24, 2.45) is 0 Å². The zero-order valence-electron chi connectivity index (χ0n) is 6.15. The van der Waals surface area contributed by atoms with E-state index in [1.807, 2.05) is 0 Å². The summed E-state index contributed by atoms with van der Waals surface area (Å²) in [5.74, 6) is 0. The Bertz CT molecular complexity index is 165. The van der Waals surface area contributed by atoms with Crippen molar-refractivity contribution in [2.75, 3.05) is 0 Å². The Balaban J connectivity index is 0.000000810. The molecule has 1 aromatic carbocycles. The molecule has 0 heterocycles. The molecule has 0 bridgehead atoms. The number of rotatable bonds is 0. The Morgan fingerprint density at radius 3 is 1.70 bits per heavy atom. The van der Waals surface area contributed by atoms with Crippen molar-refractivity contribution in [3.8, 4) is 0 Å². The molecule has 1 aromatic rings. The maximum atomic E-state index is 3.21. The van der Waals surface area contributed by atoms with Gasteiger partial charge in [0, 0.05) is 0 Å². The van der Waals surface area contributed by atoms with Crippen LogP contribution in [0.5, 0.6) is 0 Å². The Hall–Kier alpha value is -0.183. The molecule has 0 aromatic heterocycles. The van der Waals surface area contributed by atoms with Gasteiger partial charge in [-0.2, -0.15) is 0 Å². The number of hydrogen-bond donors (Lipinski definition) is 0. The van der Waals surface area contributed by atoms with Gasteiger partial charge in [0.2, 0.25) is 0 Å². The summed E-state index contributed by atoms with van der Waals surface area (Å²) in [7, 11) is 0. The predicted molar refractivity (Wildman–Crippen MR) is 46.6 cm³/mol. The molecule has 0 aliphatic carbocycles. The second kappa shape index (κ2) is 3.86. The van der Waals surface area contributed by atoms with Gasteiger partial charge in [0.1, 0.15) is 0 Å². The minimum atomic E-state index is 0. The average Bonchev–Trinajstić information content (AvgIpc) is 1.59. The fourth-order valence-corrected chi connectivity index (χ4v) is 1.11. The summed E-state index contributed by atoms with van der Waals surface area (Å²) in [5, 5.41) is 0. The molecular weight excluding hydrogens is 115 g/mol. The monoisotopic (exact) mass is 127 g/mol. The SMILES string of the molecule is Cc1[c]c(C)cc(C)c1.[LiH]. The molecular formula is C9H12Li. The van der Waals surface area contributed by atoms with Crippen LogP contribution in [0.4, 0.5) is 0 Å². The first-order valence-corrected chi connectivity index (χ1v) is 3.15. The number of hydrogen-bond acceptors (Lipinski definition) is 0. The standard InChI is InChI=1S/C9H11.Li.H/c1-7-4-8(2)6-9(3)5-7;;/h4-5H,1-3H3;;. The minimum absolute atomic E-state index is 0.